The van der Waals surface area contributed by atoms with Gasteiger partial charge in [0.25, 0.3) is 0 Å². The van der Waals surface area contributed by atoms with Gasteiger partial charge in [-0.15, -0.1) is 0 Å². The van der Waals surface area contributed by atoms with Gasteiger partial charge >= 0.3 is 0 Å². The Morgan fingerprint density at radius 2 is 2.20 bits per heavy atom. The van der Waals surface area contributed by atoms with E-state index in [1.165, 1.54) is 16.8 Å². The third-order valence-corrected chi connectivity index (χ3v) is 4.03. The third kappa shape index (κ3) is 3.97. The molecular formula is C17H28N2O. The SMILES string of the molecule is Cc1cc(CNCC(C)C)ccc1N1CCC(CO)C1. The second-order valence-electron chi connectivity index (χ2n) is 6.43. The van der Waals surface area contributed by atoms with Crippen LogP contribution in [-0.2, 0) is 6.54 Å². The molecule has 0 aromatic heterocycles. The van der Waals surface area contributed by atoms with E-state index in [1.807, 2.05) is 0 Å². The summed E-state index contributed by atoms with van der Waals surface area (Å²) in [6, 6.07) is 6.75. The average molecular weight is 276 g/mol. The summed E-state index contributed by atoms with van der Waals surface area (Å²) in [5.74, 6) is 1.14. The number of nitrogens with one attached hydrogen (secondary N) is 1. The zero-order chi connectivity index (χ0) is 14.5. The van der Waals surface area contributed by atoms with Crippen molar-refractivity contribution >= 4 is 5.69 Å². The van der Waals surface area contributed by atoms with Gasteiger partial charge in [0.05, 0.1) is 0 Å². The summed E-state index contributed by atoms with van der Waals surface area (Å²) in [6.07, 6.45) is 1.10. The van der Waals surface area contributed by atoms with E-state index in [1.54, 1.807) is 0 Å². The Morgan fingerprint density at radius 1 is 1.40 bits per heavy atom. The van der Waals surface area contributed by atoms with Crippen LogP contribution < -0.4 is 10.2 Å². The van der Waals surface area contributed by atoms with Crippen LogP contribution in [0.3, 0.4) is 0 Å². The van der Waals surface area contributed by atoms with Gasteiger partial charge in [-0.2, -0.15) is 0 Å². The van der Waals surface area contributed by atoms with E-state index in [0.717, 1.165) is 32.6 Å². The molecule has 0 amide bonds. The van der Waals surface area contributed by atoms with Crippen molar-refractivity contribution in [2.24, 2.45) is 11.8 Å². The lowest BCUT2D eigenvalue weighted by atomic mass is 10.1. The van der Waals surface area contributed by atoms with Crippen LogP contribution in [0.15, 0.2) is 18.2 Å². The highest BCUT2D eigenvalue weighted by molar-refractivity contribution is 5.55. The summed E-state index contributed by atoms with van der Waals surface area (Å²) in [6.45, 7) is 11.0. The highest BCUT2D eigenvalue weighted by Gasteiger charge is 2.22. The molecule has 0 spiro atoms. The molecule has 0 saturated carbocycles. The van der Waals surface area contributed by atoms with Gasteiger partial charge in [-0.3, -0.25) is 0 Å². The van der Waals surface area contributed by atoms with Crippen molar-refractivity contribution in [3.63, 3.8) is 0 Å². The minimum absolute atomic E-state index is 0.312. The second kappa shape index (κ2) is 7.09. The second-order valence-corrected chi connectivity index (χ2v) is 6.43. The highest BCUT2D eigenvalue weighted by atomic mass is 16.3. The summed E-state index contributed by atoms with van der Waals surface area (Å²) in [5, 5.41) is 12.7. The fraction of sp³-hybridized carbons (Fsp3) is 0.647. The van der Waals surface area contributed by atoms with Crippen LogP contribution in [0.25, 0.3) is 0 Å². The molecule has 1 aliphatic rings. The van der Waals surface area contributed by atoms with Crippen LogP contribution in [0.4, 0.5) is 5.69 Å². The van der Waals surface area contributed by atoms with Crippen LogP contribution in [0.1, 0.15) is 31.4 Å². The van der Waals surface area contributed by atoms with Gasteiger partial charge in [0.2, 0.25) is 0 Å². The Kier molecular flexibility index (Phi) is 5.44. The fourth-order valence-corrected chi connectivity index (χ4v) is 2.89. The van der Waals surface area contributed by atoms with Gasteiger partial charge in [-0.1, -0.05) is 26.0 Å². The first kappa shape index (κ1) is 15.3. The number of rotatable bonds is 6. The lowest BCUT2D eigenvalue weighted by Gasteiger charge is -2.21. The molecule has 1 fully saturated rings. The van der Waals surface area contributed by atoms with Gasteiger partial charge in [0.15, 0.2) is 0 Å². The third-order valence-electron chi connectivity index (χ3n) is 4.03. The molecule has 1 aliphatic heterocycles. The summed E-state index contributed by atoms with van der Waals surface area (Å²) in [5.41, 5.74) is 4.02. The molecule has 1 saturated heterocycles. The van der Waals surface area contributed by atoms with Gasteiger partial charge in [0, 0.05) is 37.8 Å². The monoisotopic (exact) mass is 276 g/mol. The number of aryl methyl sites for hydroxylation is 1. The topological polar surface area (TPSA) is 35.5 Å². The normalized spacial score (nSPS) is 19.1. The Balaban J connectivity index is 1.96. The summed E-state index contributed by atoms with van der Waals surface area (Å²) in [7, 11) is 0. The number of anilines is 1. The molecule has 3 nitrogen and oxygen atoms in total. The minimum Gasteiger partial charge on any atom is -0.396 e. The number of aliphatic hydroxyl groups excluding tert-OH is 1. The standard InChI is InChI=1S/C17H28N2O/c1-13(2)9-18-10-15-4-5-17(14(3)8-15)19-7-6-16(11-19)12-20/h4-5,8,13,16,18,20H,6-7,9-12H2,1-3H3. The Labute approximate surface area is 123 Å². The van der Waals surface area contributed by atoms with Crippen molar-refractivity contribution in [2.75, 3.05) is 31.1 Å². The first-order chi connectivity index (χ1) is 9.60. The quantitative estimate of drug-likeness (QED) is 0.838. The number of hydrogen-bond donors (Lipinski definition) is 2. The van der Waals surface area contributed by atoms with E-state index in [0.29, 0.717) is 18.4 Å². The zero-order valence-electron chi connectivity index (χ0n) is 13.0. The first-order valence-electron chi connectivity index (χ1n) is 7.76. The maximum absolute atomic E-state index is 9.25. The minimum atomic E-state index is 0.312. The smallest absolute Gasteiger partial charge is 0.0476 e. The average Bonchev–Trinajstić information content (AvgIpc) is 2.87. The molecule has 0 aliphatic carbocycles. The molecule has 1 unspecified atom stereocenters. The molecule has 1 atom stereocenters. The van der Waals surface area contributed by atoms with Crippen molar-refractivity contribution in [1.29, 1.82) is 0 Å². The highest BCUT2D eigenvalue weighted by Crippen LogP contribution is 2.27. The molecule has 0 radical (unpaired) electrons. The summed E-state index contributed by atoms with van der Waals surface area (Å²) < 4.78 is 0. The van der Waals surface area contributed by atoms with Gasteiger partial charge in [0.1, 0.15) is 0 Å². The number of aliphatic hydroxyl groups is 1. The van der Waals surface area contributed by atoms with Crippen LogP contribution >= 0.6 is 0 Å². The lowest BCUT2D eigenvalue weighted by molar-refractivity contribution is 0.238. The molecule has 112 valence electrons. The molecule has 3 heteroatoms. The fourth-order valence-electron chi connectivity index (χ4n) is 2.89. The molecule has 20 heavy (non-hydrogen) atoms. The van der Waals surface area contributed by atoms with Crippen LogP contribution in [0.2, 0.25) is 0 Å². The zero-order valence-corrected chi connectivity index (χ0v) is 13.0. The van der Waals surface area contributed by atoms with E-state index in [2.05, 4.69) is 49.2 Å². The molecule has 2 rings (SSSR count). The molecule has 1 aromatic rings. The van der Waals surface area contributed by atoms with Gasteiger partial charge in [-0.25, -0.2) is 0 Å². The maximum atomic E-state index is 9.25. The first-order valence-corrected chi connectivity index (χ1v) is 7.76. The maximum Gasteiger partial charge on any atom is 0.0476 e. The van der Waals surface area contributed by atoms with Crippen molar-refractivity contribution in [3.8, 4) is 0 Å². The van der Waals surface area contributed by atoms with E-state index in [-0.39, 0.29) is 0 Å². The Bertz CT molecular complexity index is 431. The molecule has 1 heterocycles. The molecular weight excluding hydrogens is 248 g/mol. The van der Waals surface area contributed by atoms with Crippen molar-refractivity contribution in [1.82, 2.24) is 5.32 Å². The van der Waals surface area contributed by atoms with Crippen LogP contribution in [-0.4, -0.2) is 31.3 Å². The van der Waals surface area contributed by atoms with E-state index in [9.17, 15) is 5.11 Å². The molecule has 1 aromatic carbocycles. The molecule has 0 bridgehead atoms. The molecule has 2 N–H and O–H groups in total. The van der Waals surface area contributed by atoms with Gasteiger partial charge in [-0.05, 0) is 43.0 Å². The number of hydrogen-bond acceptors (Lipinski definition) is 3. The van der Waals surface area contributed by atoms with Crippen molar-refractivity contribution in [2.45, 2.75) is 33.7 Å². The lowest BCUT2D eigenvalue weighted by Crippen LogP contribution is -2.22. The summed E-state index contributed by atoms with van der Waals surface area (Å²) in [4.78, 5) is 2.40. The Hall–Kier alpha value is -1.06. The van der Waals surface area contributed by atoms with E-state index in [4.69, 9.17) is 0 Å². The van der Waals surface area contributed by atoms with Crippen LogP contribution in [0.5, 0.6) is 0 Å². The van der Waals surface area contributed by atoms with Gasteiger partial charge < -0.3 is 15.3 Å². The predicted octanol–water partition coefficient (Wildman–Crippen LogP) is 2.56. The Morgan fingerprint density at radius 3 is 2.80 bits per heavy atom. The van der Waals surface area contributed by atoms with Crippen LogP contribution in [0, 0.1) is 18.8 Å². The number of nitrogens with zero attached hydrogens (tertiary/aromatic N) is 1. The predicted molar refractivity (Wildman–Crippen MR) is 85.1 cm³/mol. The van der Waals surface area contributed by atoms with Crippen molar-refractivity contribution < 1.29 is 5.11 Å². The summed E-state index contributed by atoms with van der Waals surface area (Å²) >= 11 is 0. The largest absolute Gasteiger partial charge is 0.396 e. The van der Waals surface area contributed by atoms with E-state index < -0.39 is 0 Å². The van der Waals surface area contributed by atoms with E-state index >= 15 is 0 Å². The number of benzene rings is 1. The van der Waals surface area contributed by atoms with Crippen molar-refractivity contribution in [3.05, 3.63) is 29.3 Å².